The van der Waals surface area contributed by atoms with Crippen molar-refractivity contribution in [1.82, 2.24) is 15.0 Å². The molecule has 3 heterocycles. The van der Waals surface area contributed by atoms with Crippen molar-refractivity contribution in [3.05, 3.63) is 35.1 Å². The smallest absolute Gasteiger partial charge is 0.345 e. The van der Waals surface area contributed by atoms with Crippen LogP contribution in [-0.2, 0) is 6.18 Å². The molecule has 126 valence electrons. The van der Waals surface area contributed by atoms with Gasteiger partial charge in [-0.1, -0.05) is 19.3 Å². The van der Waals surface area contributed by atoms with Gasteiger partial charge in [-0.2, -0.15) is 13.2 Å². The fourth-order valence-corrected chi connectivity index (χ4v) is 4.24. The Morgan fingerprint density at radius 1 is 1.17 bits per heavy atom. The third-order valence-electron chi connectivity index (χ3n) is 4.65. The van der Waals surface area contributed by atoms with E-state index in [1.807, 2.05) is 6.20 Å². The van der Waals surface area contributed by atoms with Gasteiger partial charge in [0.2, 0.25) is 0 Å². The first-order valence-electron chi connectivity index (χ1n) is 8.02. The Hall–Kier alpha value is -1.89. The van der Waals surface area contributed by atoms with Crippen LogP contribution < -0.4 is 0 Å². The van der Waals surface area contributed by atoms with Gasteiger partial charge in [0.05, 0.1) is 0 Å². The van der Waals surface area contributed by atoms with Crippen molar-refractivity contribution in [3.63, 3.8) is 0 Å². The van der Waals surface area contributed by atoms with E-state index in [1.54, 1.807) is 6.20 Å². The summed E-state index contributed by atoms with van der Waals surface area (Å²) < 4.78 is 38.4. The molecule has 1 aliphatic rings. The Bertz CT molecular complexity index is 859. The average Bonchev–Trinajstić information content (AvgIpc) is 3.21. The molecule has 4 rings (SSSR count). The van der Waals surface area contributed by atoms with Gasteiger partial charge in [-0.25, -0.2) is 9.97 Å². The predicted molar refractivity (Wildman–Crippen MR) is 88.0 cm³/mol. The lowest BCUT2D eigenvalue weighted by Gasteiger charge is -2.21. The molecule has 0 amide bonds. The molecule has 0 radical (unpaired) electrons. The van der Waals surface area contributed by atoms with Crippen molar-refractivity contribution in [2.24, 2.45) is 0 Å². The number of halogens is 3. The largest absolute Gasteiger partial charge is 0.434 e. The normalized spacial score (nSPS) is 16.8. The van der Waals surface area contributed by atoms with E-state index in [-0.39, 0.29) is 0 Å². The number of aromatic amines is 1. The molecule has 1 fully saturated rings. The van der Waals surface area contributed by atoms with E-state index in [2.05, 4.69) is 21.0 Å². The highest BCUT2D eigenvalue weighted by Crippen LogP contribution is 2.38. The van der Waals surface area contributed by atoms with Crippen LogP contribution in [0, 0.1) is 0 Å². The van der Waals surface area contributed by atoms with Gasteiger partial charge in [0.15, 0.2) is 5.69 Å². The van der Waals surface area contributed by atoms with E-state index in [0.717, 1.165) is 34.9 Å². The van der Waals surface area contributed by atoms with Gasteiger partial charge >= 0.3 is 6.18 Å². The monoisotopic (exact) mass is 351 g/mol. The Balaban J connectivity index is 1.74. The molecule has 7 heteroatoms. The summed E-state index contributed by atoms with van der Waals surface area (Å²) in [6, 6.07) is 2.07. The van der Waals surface area contributed by atoms with E-state index in [9.17, 15) is 13.2 Å². The van der Waals surface area contributed by atoms with Crippen LogP contribution in [0.1, 0.15) is 49.3 Å². The van der Waals surface area contributed by atoms with Crippen molar-refractivity contribution < 1.29 is 13.2 Å². The second-order valence-corrected chi connectivity index (χ2v) is 7.10. The number of nitrogens with one attached hydrogen (secondary N) is 1. The lowest BCUT2D eigenvalue weighted by Crippen LogP contribution is -2.05. The first-order chi connectivity index (χ1) is 11.5. The number of H-pyrrole nitrogens is 1. The second-order valence-electron chi connectivity index (χ2n) is 6.24. The first-order valence-corrected chi connectivity index (χ1v) is 8.90. The molecule has 1 N–H and O–H groups in total. The van der Waals surface area contributed by atoms with Crippen LogP contribution in [0.25, 0.3) is 21.6 Å². The number of thiazole rings is 1. The lowest BCUT2D eigenvalue weighted by atomic mass is 9.84. The zero-order valence-corrected chi connectivity index (χ0v) is 13.7. The summed E-state index contributed by atoms with van der Waals surface area (Å²) in [5.41, 5.74) is 1.72. The molecule has 3 nitrogen and oxygen atoms in total. The van der Waals surface area contributed by atoms with E-state index < -0.39 is 11.9 Å². The van der Waals surface area contributed by atoms with Crippen molar-refractivity contribution in [2.75, 3.05) is 0 Å². The van der Waals surface area contributed by atoms with Crippen LogP contribution in [0.15, 0.2) is 23.8 Å². The maximum Gasteiger partial charge on any atom is 0.434 e. The van der Waals surface area contributed by atoms with Crippen LogP contribution in [0.4, 0.5) is 13.2 Å². The minimum absolute atomic E-state index is 0.371. The minimum atomic E-state index is -4.41. The third-order valence-corrected chi connectivity index (χ3v) is 5.53. The highest BCUT2D eigenvalue weighted by Gasteiger charge is 2.34. The van der Waals surface area contributed by atoms with Gasteiger partial charge in [0, 0.05) is 28.7 Å². The van der Waals surface area contributed by atoms with Gasteiger partial charge in [-0.15, -0.1) is 11.3 Å². The number of rotatable bonds is 2. The zero-order chi connectivity index (χ0) is 16.7. The number of hydrogen-bond donors (Lipinski definition) is 1. The molecular weight excluding hydrogens is 335 g/mol. The molecule has 0 aliphatic heterocycles. The molecule has 0 aromatic carbocycles. The number of aromatic nitrogens is 3. The standard InChI is InChI=1S/C17H16F3N3S/c18-17(19,20)14-9-24-16(23-14)13-8-22-15-12(13)6-11(7-21-15)10-4-2-1-3-5-10/h6-10H,1-5H2,(H,21,22). The maximum atomic E-state index is 12.8. The third kappa shape index (κ3) is 2.81. The summed E-state index contributed by atoms with van der Waals surface area (Å²) in [6.07, 6.45) is 5.22. The van der Waals surface area contributed by atoms with Crippen LogP contribution in [0.2, 0.25) is 0 Å². The van der Waals surface area contributed by atoms with E-state index in [1.165, 1.54) is 24.8 Å². The number of hydrogen-bond acceptors (Lipinski definition) is 3. The van der Waals surface area contributed by atoms with Crippen molar-refractivity contribution in [3.8, 4) is 10.6 Å². The number of fused-ring (bicyclic) bond motifs is 1. The molecule has 0 bridgehead atoms. The minimum Gasteiger partial charge on any atom is -0.345 e. The fraction of sp³-hybridized carbons (Fsp3) is 0.412. The quantitative estimate of drug-likeness (QED) is 0.638. The summed E-state index contributed by atoms with van der Waals surface area (Å²) >= 11 is 1.01. The molecule has 0 atom stereocenters. The number of pyridine rings is 1. The van der Waals surface area contributed by atoms with Gasteiger partial charge < -0.3 is 4.98 Å². The summed E-state index contributed by atoms with van der Waals surface area (Å²) in [6.45, 7) is 0. The zero-order valence-electron chi connectivity index (χ0n) is 12.9. The first kappa shape index (κ1) is 15.6. The maximum absolute atomic E-state index is 12.8. The number of alkyl halides is 3. The highest BCUT2D eigenvalue weighted by molar-refractivity contribution is 7.13. The molecule has 24 heavy (non-hydrogen) atoms. The van der Waals surface area contributed by atoms with Gasteiger partial charge in [0.1, 0.15) is 10.7 Å². The fourth-order valence-electron chi connectivity index (χ4n) is 3.38. The van der Waals surface area contributed by atoms with Gasteiger partial charge in [-0.3, -0.25) is 0 Å². The van der Waals surface area contributed by atoms with E-state index in [4.69, 9.17) is 0 Å². The molecule has 3 aromatic rings. The summed E-state index contributed by atoms with van der Waals surface area (Å²) in [4.78, 5) is 11.3. The Morgan fingerprint density at radius 3 is 2.67 bits per heavy atom. The highest BCUT2D eigenvalue weighted by atomic mass is 32.1. The van der Waals surface area contributed by atoms with Crippen LogP contribution in [0.5, 0.6) is 0 Å². The topological polar surface area (TPSA) is 41.6 Å². The van der Waals surface area contributed by atoms with E-state index in [0.29, 0.717) is 22.1 Å². The molecule has 1 aliphatic carbocycles. The van der Waals surface area contributed by atoms with Gasteiger partial charge in [0.25, 0.3) is 0 Å². The summed E-state index contributed by atoms with van der Waals surface area (Å²) in [7, 11) is 0. The molecule has 0 saturated heterocycles. The summed E-state index contributed by atoms with van der Waals surface area (Å²) in [5, 5.41) is 2.28. The second kappa shape index (κ2) is 5.88. The Morgan fingerprint density at radius 2 is 1.96 bits per heavy atom. The van der Waals surface area contributed by atoms with Crippen LogP contribution in [0.3, 0.4) is 0 Å². The molecule has 3 aromatic heterocycles. The SMILES string of the molecule is FC(F)(F)c1csc(-c2c[nH]c3ncc(C4CCCCC4)cc23)n1. The van der Waals surface area contributed by atoms with Crippen molar-refractivity contribution >= 4 is 22.4 Å². The van der Waals surface area contributed by atoms with Gasteiger partial charge in [-0.05, 0) is 30.4 Å². The van der Waals surface area contributed by atoms with E-state index >= 15 is 0 Å². The molecule has 0 unspecified atom stereocenters. The predicted octanol–water partition coefficient (Wildman–Crippen LogP) is 5.75. The Kier molecular flexibility index (Phi) is 3.83. The summed E-state index contributed by atoms with van der Waals surface area (Å²) in [5.74, 6) is 0.500. The van der Waals surface area contributed by atoms with Crippen molar-refractivity contribution in [1.29, 1.82) is 0 Å². The lowest BCUT2D eigenvalue weighted by molar-refractivity contribution is -0.140. The molecular formula is C17H16F3N3S. The van der Waals surface area contributed by atoms with Crippen molar-refractivity contribution in [2.45, 2.75) is 44.2 Å². The molecule has 0 spiro atoms. The van der Waals surface area contributed by atoms with Crippen LogP contribution >= 0.6 is 11.3 Å². The average molecular weight is 351 g/mol. The van der Waals surface area contributed by atoms with Crippen LogP contribution in [-0.4, -0.2) is 15.0 Å². The Labute approximate surface area is 141 Å². The molecule has 1 saturated carbocycles. The number of nitrogens with zero attached hydrogens (tertiary/aromatic N) is 2.